The lowest BCUT2D eigenvalue weighted by molar-refractivity contribution is -0.0114. The summed E-state index contributed by atoms with van der Waals surface area (Å²) in [7, 11) is 1.92. The number of aromatic hydroxyl groups is 2. The van der Waals surface area contributed by atoms with Crippen LogP contribution in [0, 0.1) is 0 Å². The number of carbonyl (C=O) groups is 1. The summed E-state index contributed by atoms with van der Waals surface area (Å²) < 4.78 is 17.5. The van der Waals surface area contributed by atoms with Crippen LogP contribution in [0.15, 0.2) is 69.9 Å². The molecule has 0 radical (unpaired) electrons. The summed E-state index contributed by atoms with van der Waals surface area (Å²) in [6.45, 7) is 3.54. The number of likely N-dealkylation sites (N-methyl/N-ethyl adjacent to an activating group) is 1. The van der Waals surface area contributed by atoms with E-state index < -0.39 is 29.4 Å². The van der Waals surface area contributed by atoms with Gasteiger partial charge in [0.25, 0.3) is 0 Å². The number of carbonyl (C=O) groups excluding carboxylic acids is 1. The Kier molecular flexibility index (Phi) is 15.6. The Hall–Kier alpha value is -3.75. The summed E-state index contributed by atoms with van der Waals surface area (Å²) in [6.07, 6.45) is 21.7. The molecule has 4 rings (SSSR count). The van der Waals surface area contributed by atoms with Gasteiger partial charge in [-0.2, -0.15) is 0 Å². The van der Waals surface area contributed by atoms with Crippen LogP contribution in [0.4, 0.5) is 4.79 Å². The molecule has 2 atom stereocenters. The third-order valence-corrected chi connectivity index (χ3v) is 9.41. The Bertz CT molecular complexity index is 1610. The zero-order chi connectivity index (χ0) is 35.0. The Morgan fingerprint density at radius 1 is 0.959 bits per heavy atom. The van der Waals surface area contributed by atoms with Gasteiger partial charge in [-0.05, 0) is 70.7 Å². The highest BCUT2D eigenvalue weighted by molar-refractivity contribution is 6.33. The third-order valence-electron chi connectivity index (χ3n) is 9.08. The predicted octanol–water partition coefficient (Wildman–Crippen LogP) is 10.3. The lowest BCUT2D eigenvalue weighted by atomic mass is 9.85. The molecule has 0 bridgehead atoms. The number of piperidine rings is 1. The molecule has 1 aromatic heterocycles. The van der Waals surface area contributed by atoms with Gasteiger partial charge in [0.2, 0.25) is 0 Å². The number of benzene rings is 2. The number of nitrogens with zero attached hydrogens (tertiary/aromatic N) is 1. The van der Waals surface area contributed by atoms with E-state index in [0.717, 1.165) is 44.6 Å². The average Bonchev–Trinajstić information content (AvgIpc) is 3.07. The fraction of sp³-hybridized carbons (Fsp3) is 0.500. The molecule has 0 unspecified atom stereocenters. The topological polar surface area (TPSA) is 109 Å². The lowest BCUT2D eigenvalue weighted by Crippen LogP contribution is -2.43. The third kappa shape index (κ3) is 11.4. The van der Waals surface area contributed by atoms with Gasteiger partial charge in [-0.25, -0.2) is 4.79 Å². The number of halogens is 1. The molecule has 3 aromatic rings. The van der Waals surface area contributed by atoms with E-state index in [9.17, 15) is 19.8 Å². The molecular weight excluding hydrogens is 642 g/mol. The average molecular weight is 694 g/mol. The Morgan fingerprint density at radius 3 is 2.39 bits per heavy atom. The maximum absolute atomic E-state index is 13.2. The van der Waals surface area contributed by atoms with Crippen molar-refractivity contribution in [1.82, 2.24) is 4.90 Å². The summed E-state index contributed by atoms with van der Waals surface area (Å²) in [5.74, 6) is -0.957. The van der Waals surface area contributed by atoms with Crippen molar-refractivity contribution in [3.05, 3.63) is 81.5 Å². The van der Waals surface area contributed by atoms with E-state index in [1.165, 1.54) is 44.6 Å². The van der Waals surface area contributed by atoms with Crippen LogP contribution in [0.25, 0.3) is 22.3 Å². The first-order valence-electron chi connectivity index (χ1n) is 17.9. The molecule has 0 aliphatic carbocycles. The summed E-state index contributed by atoms with van der Waals surface area (Å²) in [4.78, 5) is 28.1. The van der Waals surface area contributed by atoms with Crippen molar-refractivity contribution in [1.29, 1.82) is 0 Å². The SMILES string of the molecule is CCCCC/C=C\C/C=C\CCCCCCCCOC(=O)O[C@H]1CN(C)CC[C@H]1c1c(O)cc(O)c2c(=O)cc(-c3ccccc3Cl)oc12. The van der Waals surface area contributed by atoms with Gasteiger partial charge in [-0.1, -0.05) is 93.5 Å². The number of ether oxygens (including phenoxy) is 2. The van der Waals surface area contributed by atoms with Crippen LogP contribution in [-0.4, -0.2) is 54.1 Å². The second kappa shape index (κ2) is 20.1. The molecule has 2 N–H and O–H groups in total. The normalized spacial score (nSPS) is 17.0. The molecule has 9 heteroatoms. The molecular formula is C40H52ClNO7. The number of hydrogen-bond acceptors (Lipinski definition) is 8. The summed E-state index contributed by atoms with van der Waals surface area (Å²) in [5.41, 5.74) is 0.362. The van der Waals surface area contributed by atoms with Crippen LogP contribution in [0.1, 0.15) is 102 Å². The number of fused-ring (bicyclic) bond motifs is 1. The van der Waals surface area contributed by atoms with Crippen LogP contribution >= 0.6 is 11.6 Å². The highest BCUT2D eigenvalue weighted by atomic mass is 35.5. The van der Waals surface area contributed by atoms with Gasteiger partial charge >= 0.3 is 6.16 Å². The van der Waals surface area contributed by atoms with Crippen LogP contribution in [-0.2, 0) is 9.47 Å². The monoisotopic (exact) mass is 693 g/mol. The van der Waals surface area contributed by atoms with Gasteiger partial charge in [-0.3, -0.25) is 4.79 Å². The summed E-state index contributed by atoms with van der Waals surface area (Å²) >= 11 is 6.39. The number of hydrogen-bond donors (Lipinski definition) is 2. The molecule has 2 heterocycles. The highest BCUT2D eigenvalue weighted by Gasteiger charge is 2.37. The number of allylic oxidation sites excluding steroid dienone is 4. The van der Waals surface area contributed by atoms with Gasteiger partial charge in [0.1, 0.15) is 34.3 Å². The Balaban J connectivity index is 1.27. The molecule has 0 amide bonds. The van der Waals surface area contributed by atoms with E-state index in [2.05, 4.69) is 31.2 Å². The smallest absolute Gasteiger partial charge is 0.507 e. The minimum atomic E-state index is -0.770. The van der Waals surface area contributed by atoms with Crippen LogP contribution < -0.4 is 5.43 Å². The van der Waals surface area contributed by atoms with Gasteiger partial charge in [0.15, 0.2) is 5.43 Å². The largest absolute Gasteiger partial charge is 0.508 e. The molecule has 1 aliphatic rings. The first kappa shape index (κ1) is 38.1. The number of unbranched alkanes of at least 4 members (excludes halogenated alkanes) is 9. The number of likely N-dealkylation sites (tertiary alicyclic amines) is 1. The van der Waals surface area contributed by atoms with Crippen molar-refractivity contribution >= 4 is 28.7 Å². The zero-order valence-electron chi connectivity index (χ0n) is 29.0. The van der Waals surface area contributed by atoms with Gasteiger partial charge < -0.3 is 29.0 Å². The van der Waals surface area contributed by atoms with Crippen molar-refractivity contribution in [2.75, 3.05) is 26.7 Å². The minimum absolute atomic E-state index is 0.0396. The summed E-state index contributed by atoms with van der Waals surface area (Å²) in [6, 6.07) is 9.37. The second-order valence-electron chi connectivity index (χ2n) is 13.0. The van der Waals surface area contributed by atoms with E-state index in [0.29, 0.717) is 35.7 Å². The standard InChI is InChI=1S/C40H52ClNO7/c1-3-4-5-6-7-8-9-10-11-12-13-14-15-16-17-20-25-47-40(46)49-36-28-42(2)24-23-30(36)37-32(43)26-33(44)38-34(45)27-35(48-39(37)38)29-21-18-19-22-31(29)41/h7-8,10-11,18-19,21-22,26-27,30,36,43-44H,3-6,9,12-17,20,23-25,28H2,1-2H3/b8-7-,11-10-/t30-,36+/m1/s1. The van der Waals surface area contributed by atoms with Crippen molar-refractivity contribution in [3.8, 4) is 22.8 Å². The molecule has 2 aromatic carbocycles. The predicted molar refractivity (Wildman–Crippen MR) is 197 cm³/mol. The van der Waals surface area contributed by atoms with Crippen LogP contribution in [0.5, 0.6) is 11.5 Å². The fourth-order valence-electron chi connectivity index (χ4n) is 6.40. The van der Waals surface area contributed by atoms with Crippen LogP contribution in [0.3, 0.4) is 0 Å². The molecule has 266 valence electrons. The molecule has 1 aliphatic heterocycles. The van der Waals surface area contributed by atoms with Crippen molar-refractivity contribution in [2.24, 2.45) is 0 Å². The molecule has 1 saturated heterocycles. The number of rotatable bonds is 18. The zero-order valence-corrected chi connectivity index (χ0v) is 29.8. The van der Waals surface area contributed by atoms with E-state index in [4.69, 9.17) is 25.5 Å². The molecule has 1 fully saturated rings. The van der Waals surface area contributed by atoms with Gasteiger partial charge in [0.05, 0.1) is 11.6 Å². The second-order valence-corrected chi connectivity index (χ2v) is 13.4. The van der Waals surface area contributed by atoms with Crippen LogP contribution in [0.2, 0.25) is 5.02 Å². The maximum Gasteiger partial charge on any atom is 0.508 e. The van der Waals surface area contributed by atoms with Gasteiger partial charge in [-0.15, -0.1) is 0 Å². The van der Waals surface area contributed by atoms with E-state index in [1.54, 1.807) is 24.3 Å². The van der Waals surface area contributed by atoms with E-state index in [1.807, 2.05) is 11.9 Å². The van der Waals surface area contributed by atoms with Crippen molar-refractivity contribution in [3.63, 3.8) is 0 Å². The lowest BCUT2D eigenvalue weighted by Gasteiger charge is -2.36. The first-order chi connectivity index (χ1) is 23.8. The summed E-state index contributed by atoms with van der Waals surface area (Å²) in [5, 5.41) is 22.1. The van der Waals surface area contributed by atoms with Crippen molar-refractivity contribution < 1.29 is 28.9 Å². The fourth-order valence-corrected chi connectivity index (χ4v) is 6.63. The Labute approximate surface area is 295 Å². The number of phenolic OH excluding ortho intramolecular Hbond substituents is 2. The first-order valence-corrected chi connectivity index (χ1v) is 18.3. The van der Waals surface area contributed by atoms with E-state index in [-0.39, 0.29) is 29.1 Å². The molecule has 8 nitrogen and oxygen atoms in total. The van der Waals surface area contributed by atoms with E-state index >= 15 is 0 Å². The maximum atomic E-state index is 13.2. The number of phenols is 2. The molecule has 49 heavy (non-hydrogen) atoms. The molecule has 0 spiro atoms. The van der Waals surface area contributed by atoms with Gasteiger partial charge in [0, 0.05) is 35.7 Å². The minimum Gasteiger partial charge on any atom is -0.507 e. The quantitative estimate of drug-likeness (QED) is 0.0770. The Morgan fingerprint density at radius 2 is 1.65 bits per heavy atom. The molecule has 0 saturated carbocycles. The van der Waals surface area contributed by atoms with Crippen molar-refractivity contribution in [2.45, 2.75) is 102 Å². The highest BCUT2D eigenvalue weighted by Crippen LogP contribution is 2.43.